The van der Waals surface area contributed by atoms with E-state index in [-0.39, 0.29) is 11.9 Å². The minimum Gasteiger partial charge on any atom is -0.423 e. The summed E-state index contributed by atoms with van der Waals surface area (Å²) in [5.74, 6) is -0.113. The number of fused-ring (bicyclic) bond motifs is 1. The fourth-order valence-corrected chi connectivity index (χ4v) is 4.16. The topological polar surface area (TPSA) is 74.9 Å². The fourth-order valence-electron chi connectivity index (χ4n) is 4.04. The van der Waals surface area contributed by atoms with Gasteiger partial charge in [0.15, 0.2) is 0 Å². The Kier molecular flexibility index (Phi) is 5.44. The van der Waals surface area contributed by atoms with Gasteiger partial charge in [0.1, 0.15) is 5.58 Å². The van der Waals surface area contributed by atoms with Gasteiger partial charge in [-0.05, 0) is 47.5 Å². The van der Waals surface area contributed by atoms with E-state index in [1.807, 2.05) is 66.7 Å². The van der Waals surface area contributed by atoms with Crippen LogP contribution in [0, 0.1) is 0 Å². The van der Waals surface area contributed by atoms with Gasteiger partial charge in [-0.25, -0.2) is 9.80 Å². The number of rotatable bonds is 4. The van der Waals surface area contributed by atoms with E-state index in [1.165, 1.54) is 18.0 Å². The zero-order chi connectivity index (χ0) is 22.9. The third kappa shape index (κ3) is 4.25. The molecule has 1 unspecified atom stereocenters. The number of hydrogen-bond donors (Lipinski definition) is 1. The molecule has 33 heavy (non-hydrogen) atoms. The standard InChI is InChI=1S/C26H20ClN3O3/c1-16(31)30-24(18-6-10-19(27)11-7-18)14-22(29-30)17-8-12-20(13-9-17)28-23-15-26(32)33-25-5-3-2-4-21(23)25/h2-13,15,24,28H,14H2,1H3. The number of nitrogens with one attached hydrogen (secondary N) is 1. The molecule has 0 bridgehead atoms. The van der Waals surface area contributed by atoms with E-state index in [0.29, 0.717) is 22.7 Å². The van der Waals surface area contributed by atoms with Crippen molar-refractivity contribution in [3.8, 4) is 0 Å². The highest BCUT2D eigenvalue weighted by molar-refractivity contribution is 6.30. The van der Waals surface area contributed by atoms with Crippen molar-refractivity contribution in [3.63, 3.8) is 0 Å². The van der Waals surface area contributed by atoms with Crippen LogP contribution in [-0.2, 0) is 4.79 Å². The molecule has 3 aromatic carbocycles. The lowest BCUT2D eigenvalue weighted by atomic mass is 9.98. The van der Waals surface area contributed by atoms with E-state index >= 15 is 0 Å². The van der Waals surface area contributed by atoms with E-state index in [4.69, 9.17) is 16.0 Å². The average molecular weight is 458 g/mol. The van der Waals surface area contributed by atoms with Crippen molar-refractivity contribution in [2.75, 3.05) is 5.32 Å². The van der Waals surface area contributed by atoms with Crippen LogP contribution in [0.2, 0.25) is 5.02 Å². The van der Waals surface area contributed by atoms with Gasteiger partial charge in [-0.2, -0.15) is 5.10 Å². The predicted molar refractivity (Wildman–Crippen MR) is 130 cm³/mol. The molecule has 1 atom stereocenters. The first kappa shape index (κ1) is 21.0. The van der Waals surface area contributed by atoms with Gasteiger partial charge in [0.2, 0.25) is 5.91 Å². The molecule has 6 nitrogen and oxygen atoms in total. The van der Waals surface area contributed by atoms with Gasteiger partial charge in [-0.15, -0.1) is 0 Å². The lowest BCUT2D eigenvalue weighted by Crippen LogP contribution is -2.24. The molecule has 1 aliphatic heterocycles. The van der Waals surface area contributed by atoms with Crippen molar-refractivity contribution in [3.05, 3.63) is 105 Å². The summed E-state index contributed by atoms with van der Waals surface area (Å²) in [7, 11) is 0. The molecule has 0 saturated carbocycles. The van der Waals surface area contributed by atoms with Gasteiger partial charge in [0.25, 0.3) is 0 Å². The zero-order valence-electron chi connectivity index (χ0n) is 17.8. The van der Waals surface area contributed by atoms with Gasteiger partial charge < -0.3 is 9.73 Å². The van der Waals surface area contributed by atoms with Crippen LogP contribution in [0.15, 0.2) is 93.2 Å². The fraction of sp³-hybridized carbons (Fsp3) is 0.115. The Bertz CT molecular complexity index is 1430. The van der Waals surface area contributed by atoms with Crippen LogP contribution in [0.25, 0.3) is 11.0 Å². The first-order chi connectivity index (χ1) is 16.0. The molecule has 0 fully saturated rings. The van der Waals surface area contributed by atoms with E-state index in [0.717, 1.165) is 27.9 Å². The Morgan fingerprint density at radius 1 is 1.06 bits per heavy atom. The SMILES string of the molecule is CC(=O)N1N=C(c2ccc(Nc3cc(=O)oc4ccccc34)cc2)CC1c1ccc(Cl)cc1. The summed E-state index contributed by atoms with van der Waals surface area (Å²) in [5, 5.41) is 10.9. The van der Waals surface area contributed by atoms with Crippen LogP contribution in [0.5, 0.6) is 0 Å². The maximum Gasteiger partial charge on any atom is 0.338 e. The van der Waals surface area contributed by atoms with Crippen LogP contribution in [0.1, 0.15) is 30.5 Å². The van der Waals surface area contributed by atoms with Crippen molar-refractivity contribution < 1.29 is 9.21 Å². The molecule has 164 valence electrons. The molecule has 1 aromatic heterocycles. The first-order valence-corrected chi connectivity index (χ1v) is 10.9. The molecule has 0 aliphatic carbocycles. The van der Waals surface area contributed by atoms with E-state index in [9.17, 15) is 9.59 Å². The van der Waals surface area contributed by atoms with Crippen LogP contribution >= 0.6 is 11.6 Å². The smallest absolute Gasteiger partial charge is 0.338 e. The molecular weight excluding hydrogens is 438 g/mol. The van der Waals surface area contributed by atoms with Crippen molar-refractivity contribution in [2.45, 2.75) is 19.4 Å². The summed E-state index contributed by atoms with van der Waals surface area (Å²) in [5.41, 5.74) is 4.38. The Hall–Kier alpha value is -3.90. The Labute approximate surface area is 195 Å². The number of halogens is 1. The molecule has 0 spiro atoms. The van der Waals surface area contributed by atoms with Crippen molar-refractivity contribution in [1.29, 1.82) is 0 Å². The predicted octanol–water partition coefficient (Wildman–Crippen LogP) is 5.89. The molecule has 0 radical (unpaired) electrons. The van der Waals surface area contributed by atoms with Crippen molar-refractivity contribution >= 4 is 45.6 Å². The molecule has 1 amide bonds. The molecule has 5 rings (SSSR count). The quantitative estimate of drug-likeness (QED) is 0.388. The number of hydrazone groups is 1. The second kappa shape index (κ2) is 8.56. The zero-order valence-corrected chi connectivity index (χ0v) is 18.5. The number of carbonyl (C=O) groups is 1. The lowest BCUT2D eigenvalue weighted by molar-refractivity contribution is -0.130. The summed E-state index contributed by atoms with van der Waals surface area (Å²) in [6.07, 6.45) is 0.609. The highest BCUT2D eigenvalue weighted by atomic mass is 35.5. The largest absolute Gasteiger partial charge is 0.423 e. The molecule has 1 N–H and O–H groups in total. The Morgan fingerprint density at radius 3 is 2.52 bits per heavy atom. The van der Waals surface area contributed by atoms with Gasteiger partial charge in [-0.3, -0.25) is 4.79 Å². The minimum atomic E-state index is -0.411. The first-order valence-electron chi connectivity index (χ1n) is 10.5. The number of hydrogen-bond acceptors (Lipinski definition) is 5. The van der Waals surface area contributed by atoms with Gasteiger partial charge in [-0.1, -0.05) is 48.0 Å². The number of benzene rings is 3. The Morgan fingerprint density at radius 2 is 1.79 bits per heavy atom. The summed E-state index contributed by atoms with van der Waals surface area (Å²) in [6, 6.07) is 23.9. The maximum atomic E-state index is 12.2. The summed E-state index contributed by atoms with van der Waals surface area (Å²) >= 11 is 6.02. The van der Waals surface area contributed by atoms with Crippen molar-refractivity contribution in [2.24, 2.45) is 5.10 Å². The number of nitrogens with zero attached hydrogens (tertiary/aromatic N) is 2. The minimum absolute atomic E-state index is 0.113. The monoisotopic (exact) mass is 457 g/mol. The molecule has 0 saturated heterocycles. The van der Waals surface area contributed by atoms with Crippen LogP contribution in [-0.4, -0.2) is 16.6 Å². The second-order valence-corrected chi connectivity index (χ2v) is 8.30. The van der Waals surface area contributed by atoms with E-state index in [1.54, 1.807) is 6.07 Å². The van der Waals surface area contributed by atoms with Crippen LogP contribution < -0.4 is 10.9 Å². The lowest BCUT2D eigenvalue weighted by Gasteiger charge is -2.20. The van der Waals surface area contributed by atoms with E-state index < -0.39 is 5.63 Å². The normalized spacial score (nSPS) is 15.5. The Balaban J connectivity index is 1.40. The number of carbonyl (C=O) groups excluding carboxylic acids is 1. The van der Waals surface area contributed by atoms with Crippen LogP contribution in [0.4, 0.5) is 11.4 Å². The highest BCUT2D eigenvalue weighted by Gasteiger charge is 2.31. The summed E-state index contributed by atoms with van der Waals surface area (Å²) in [4.78, 5) is 24.1. The van der Waals surface area contributed by atoms with Crippen molar-refractivity contribution in [1.82, 2.24) is 5.01 Å². The number of anilines is 2. The van der Waals surface area contributed by atoms with Gasteiger partial charge >= 0.3 is 5.63 Å². The molecule has 7 heteroatoms. The number of para-hydroxylation sites is 1. The third-order valence-corrected chi connectivity index (χ3v) is 5.89. The highest BCUT2D eigenvalue weighted by Crippen LogP contribution is 2.34. The summed E-state index contributed by atoms with van der Waals surface area (Å²) in [6.45, 7) is 1.52. The van der Waals surface area contributed by atoms with Gasteiger partial charge in [0.05, 0.1) is 17.4 Å². The maximum absolute atomic E-state index is 12.2. The second-order valence-electron chi connectivity index (χ2n) is 7.86. The third-order valence-electron chi connectivity index (χ3n) is 5.63. The molecule has 4 aromatic rings. The molecule has 1 aliphatic rings. The summed E-state index contributed by atoms with van der Waals surface area (Å²) < 4.78 is 5.26. The molecule has 2 heterocycles. The van der Waals surface area contributed by atoms with Crippen LogP contribution in [0.3, 0.4) is 0 Å². The van der Waals surface area contributed by atoms with E-state index in [2.05, 4.69) is 10.4 Å². The number of amides is 1. The average Bonchev–Trinajstić information content (AvgIpc) is 3.26. The van der Waals surface area contributed by atoms with Gasteiger partial charge in [0, 0.05) is 35.5 Å². The molecular formula is C26H20ClN3O3.